The number of nitrogens with zero attached hydrogens (tertiary/aromatic N) is 1. The predicted molar refractivity (Wildman–Crippen MR) is 134 cm³/mol. The number of aliphatic imine (C=N–C) groups is 1. The van der Waals surface area contributed by atoms with Crippen molar-refractivity contribution in [3.63, 3.8) is 0 Å². The van der Waals surface area contributed by atoms with Gasteiger partial charge >= 0.3 is 5.97 Å². The lowest BCUT2D eigenvalue weighted by molar-refractivity contribution is -0.142. The zero-order valence-electron chi connectivity index (χ0n) is 21.5. The molecule has 206 valence electrons. The van der Waals surface area contributed by atoms with Crippen LogP contribution in [-0.4, -0.2) is 71.4 Å². The van der Waals surface area contributed by atoms with Crippen molar-refractivity contribution in [1.82, 2.24) is 16.0 Å². The van der Waals surface area contributed by atoms with E-state index in [0.29, 0.717) is 6.42 Å². The Morgan fingerprint density at radius 1 is 0.861 bits per heavy atom. The molecule has 5 atom stereocenters. The molecule has 0 aromatic carbocycles. The number of nitrogens with two attached hydrogens (primary N) is 4. The van der Waals surface area contributed by atoms with Gasteiger partial charge in [0.15, 0.2) is 5.96 Å². The van der Waals surface area contributed by atoms with Crippen molar-refractivity contribution >= 4 is 35.6 Å². The zero-order valence-corrected chi connectivity index (χ0v) is 21.5. The van der Waals surface area contributed by atoms with Gasteiger partial charge in [-0.2, -0.15) is 0 Å². The van der Waals surface area contributed by atoms with Gasteiger partial charge in [-0.15, -0.1) is 0 Å². The van der Waals surface area contributed by atoms with E-state index < -0.39 is 53.8 Å². The monoisotopic (exact) mass is 514 g/mol. The molecule has 0 heterocycles. The van der Waals surface area contributed by atoms with Crippen LogP contribution in [0.4, 0.5) is 0 Å². The van der Waals surface area contributed by atoms with Crippen molar-refractivity contribution in [1.29, 1.82) is 0 Å². The van der Waals surface area contributed by atoms with Crippen molar-refractivity contribution in [3.05, 3.63) is 0 Å². The third-order valence-corrected chi connectivity index (χ3v) is 5.68. The van der Waals surface area contributed by atoms with Crippen molar-refractivity contribution in [2.45, 2.75) is 84.0 Å². The molecule has 0 aliphatic heterocycles. The molecule has 0 saturated heterocycles. The first-order valence-electron chi connectivity index (χ1n) is 11.9. The summed E-state index contributed by atoms with van der Waals surface area (Å²) in [5.41, 5.74) is 21.7. The topological polar surface area (TPSA) is 258 Å². The van der Waals surface area contributed by atoms with E-state index in [1.807, 2.05) is 13.8 Å². The van der Waals surface area contributed by atoms with Gasteiger partial charge in [0.2, 0.25) is 23.6 Å². The van der Waals surface area contributed by atoms with Crippen LogP contribution in [0.3, 0.4) is 0 Å². The van der Waals surface area contributed by atoms with Gasteiger partial charge in [0.25, 0.3) is 0 Å². The fraction of sp³-hybridized carbons (Fsp3) is 0.727. The number of guanidine groups is 1. The van der Waals surface area contributed by atoms with Gasteiger partial charge in [0, 0.05) is 13.0 Å². The normalized spacial score (nSPS) is 15.1. The molecule has 0 aromatic heterocycles. The van der Waals surface area contributed by atoms with Crippen LogP contribution < -0.4 is 38.9 Å². The van der Waals surface area contributed by atoms with Crippen LogP contribution in [0.2, 0.25) is 0 Å². The number of carboxylic acid groups (broad SMARTS) is 1. The molecule has 4 amide bonds. The number of primary amides is 1. The molecule has 5 unspecified atom stereocenters. The van der Waals surface area contributed by atoms with Gasteiger partial charge in [-0.1, -0.05) is 34.1 Å². The fourth-order valence-corrected chi connectivity index (χ4v) is 3.15. The van der Waals surface area contributed by atoms with Gasteiger partial charge in [0.1, 0.15) is 18.1 Å². The Morgan fingerprint density at radius 3 is 1.92 bits per heavy atom. The number of amides is 4. The molecule has 14 nitrogen and oxygen atoms in total. The lowest BCUT2D eigenvalue weighted by atomic mass is 9.97. The molecule has 0 bridgehead atoms. The summed E-state index contributed by atoms with van der Waals surface area (Å²) in [6.07, 6.45) is 0.556. The molecule has 14 heteroatoms. The van der Waals surface area contributed by atoms with Gasteiger partial charge < -0.3 is 44.0 Å². The van der Waals surface area contributed by atoms with E-state index in [4.69, 9.17) is 22.9 Å². The summed E-state index contributed by atoms with van der Waals surface area (Å²) in [5.74, 6) is -4.59. The lowest BCUT2D eigenvalue weighted by Crippen LogP contribution is -2.59. The van der Waals surface area contributed by atoms with Gasteiger partial charge in [-0.25, -0.2) is 4.79 Å². The predicted octanol–water partition coefficient (Wildman–Crippen LogP) is -2.13. The number of carbonyl (C=O) groups is 5. The highest BCUT2D eigenvalue weighted by atomic mass is 16.4. The number of carboxylic acids is 1. The summed E-state index contributed by atoms with van der Waals surface area (Å²) in [6.45, 7) is 7.32. The van der Waals surface area contributed by atoms with Gasteiger partial charge in [-0.05, 0) is 31.1 Å². The number of aliphatic carboxylic acids is 1. The highest BCUT2D eigenvalue weighted by molar-refractivity contribution is 5.94. The van der Waals surface area contributed by atoms with Crippen molar-refractivity contribution in [2.24, 2.45) is 39.8 Å². The fourth-order valence-electron chi connectivity index (χ4n) is 3.15. The van der Waals surface area contributed by atoms with Gasteiger partial charge in [0.05, 0.1) is 6.04 Å². The van der Waals surface area contributed by atoms with Crippen LogP contribution in [0.15, 0.2) is 4.99 Å². The number of nitrogens with one attached hydrogen (secondary N) is 3. The average molecular weight is 515 g/mol. The number of hydrogen-bond acceptors (Lipinski definition) is 7. The van der Waals surface area contributed by atoms with E-state index in [9.17, 15) is 29.1 Å². The molecular weight excluding hydrogens is 472 g/mol. The average Bonchev–Trinajstić information content (AvgIpc) is 2.79. The maximum Gasteiger partial charge on any atom is 0.326 e. The number of carbonyl (C=O) groups excluding carboxylic acids is 4. The van der Waals surface area contributed by atoms with E-state index in [-0.39, 0.29) is 50.0 Å². The molecule has 12 N–H and O–H groups in total. The SMILES string of the molecule is CCC(C)C(N)C(=O)NC(C(=O)NC(CCCN=C(N)N)C(=O)NC(CCC(N)=O)C(=O)O)C(C)C. The minimum absolute atomic E-state index is 0.0711. The van der Waals surface area contributed by atoms with Crippen molar-refractivity contribution in [2.75, 3.05) is 6.54 Å². The minimum Gasteiger partial charge on any atom is -0.480 e. The standard InChI is InChI=1S/C22H42N8O6/c1-5-12(4)16(24)19(33)30-17(11(2)3)20(34)28-13(7-6-10-27-22(25)26)18(32)29-14(21(35)36)8-9-15(23)31/h11-14,16-17H,5-10,24H2,1-4H3,(H2,23,31)(H,28,34)(H,29,32)(H,30,33)(H,35,36)(H4,25,26,27). The second-order valence-corrected chi connectivity index (χ2v) is 9.06. The third-order valence-electron chi connectivity index (χ3n) is 5.68. The molecule has 0 fully saturated rings. The van der Waals surface area contributed by atoms with Crippen LogP contribution in [0.1, 0.15) is 59.8 Å². The molecular formula is C22H42N8O6. The summed E-state index contributed by atoms with van der Waals surface area (Å²) < 4.78 is 0. The molecule has 0 saturated carbocycles. The second kappa shape index (κ2) is 16.3. The van der Waals surface area contributed by atoms with Crippen LogP contribution in [0.5, 0.6) is 0 Å². The van der Waals surface area contributed by atoms with Gasteiger partial charge in [-0.3, -0.25) is 24.2 Å². The largest absolute Gasteiger partial charge is 0.480 e. The second-order valence-electron chi connectivity index (χ2n) is 9.06. The first kappa shape index (κ1) is 32.6. The van der Waals surface area contributed by atoms with E-state index >= 15 is 0 Å². The first-order valence-corrected chi connectivity index (χ1v) is 11.9. The molecule has 0 spiro atoms. The summed E-state index contributed by atoms with van der Waals surface area (Å²) >= 11 is 0. The summed E-state index contributed by atoms with van der Waals surface area (Å²) in [5, 5.41) is 16.9. The Kier molecular flexibility index (Phi) is 14.7. The Bertz CT molecular complexity index is 799. The highest BCUT2D eigenvalue weighted by Crippen LogP contribution is 2.09. The summed E-state index contributed by atoms with van der Waals surface area (Å²) in [7, 11) is 0. The lowest BCUT2D eigenvalue weighted by Gasteiger charge is -2.28. The molecule has 36 heavy (non-hydrogen) atoms. The maximum atomic E-state index is 13.1. The molecule has 0 aliphatic carbocycles. The van der Waals surface area contributed by atoms with E-state index in [2.05, 4.69) is 20.9 Å². The minimum atomic E-state index is -1.39. The van der Waals surface area contributed by atoms with E-state index in [0.717, 1.165) is 0 Å². The van der Waals surface area contributed by atoms with Crippen molar-refractivity contribution < 1.29 is 29.1 Å². The zero-order chi connectivity index (χ0) is 28.0. The van der Waals surface area contributed by atoms with Crippen LogP contribution >= 0.6 is 0 Å². The molecule has 0 aliphatic rings. The number of hydrogen-bond donors (Lipinski definition) is 8. The first-order chi connectivity index (χ1) is 16.7. The quantitative estimate of drug-likeness (QED) is 0.0598. The van der Waals surface area contributed by atoms with Crippen LogP contribution in [0, 0.1) is 11.8 Å². The molecule has 0 rings (SSSR count). The molecule has 0 aromatic rings. The Labute approximate surface area is 211 Å². The summed E-state index contributed by atoms with van der Waals surface area (Å²) in [4.78, 5) is 65.0. The van der Waals surface area contributed by atoms with E-state index in [1.165, 1.54) is 0 Å². The van der Waals surface area contributed by atoms with Crippen LogP contribution in [0.25, 0.3) is 0 Å². The Balaban J connectivity index is 5.62. The third kappa shape index (κ3) is 12.3. The van der Waals surface area contributed by atoms with E-state index in [1.54, 1.807) is 13.8 Å². The number of rotatable bonds is 17. The summed E-state index contributed by atoms with van der Waals surface area (Å²) in [6, 6.07) is -4.37. The maximum absolute atomic E-state index is 13.1. The van der Waals surface area contributed by atoms with Crippen molar-refractivity contribution in [3.8, 4) is 0 Å². The Hall–Kier alpha value is -3.42. The smallest absolute Gasteiger partial charge is 0.326 e. The highest BCUT2D eigenvalue weighted by Gasteiger charge is 2.32. The Morgan fingerprint density at radius 2 is 1.44 bits per heavy atom. The molecule has 0 radical (unpaired) electrons. The van der Waals surface area contributed by atoms with Crippen LogP contribution in [-0.2, 0) is 24.0 Å².